The zero-order chi connectivity index (χ0) is 12.8. The van der Waals surface area contributed by atoms with E-state index in [2.05, 4.69) is 26.8 Å². The molecule has 0 bridgehead atoms. The van der Waals surface area contributed by atoms with Gasteiger partial charge in [-0.1, -0.05) is 41.5 Å². The fraction of sp³-hybridized carbons (Fsp3) is 0.733. The van der Waals surface area contributed by atoms with Crippen molar-refractivity contribution in [3.63, 3.8) is 0 Å². The molecule has 0 saturated heterocycles. The van der Waals surface area contributed by atoms with E-state index < -0.39 is 0 Å². The largest absolute Gasteiger partial charge is 0.145 e. The van der Waals surface area contributed by atoms with Crippen molar-refractivity contribution in [2.24, 2.45) is 5.41 Å². The Morgan fingerprint density at radius 2 is 1.69 bits per heavy atom. The first kappa shape index (κ1) is 15.7. The van der Waals surface area contributed by atoms with Gasteiger partial charge < -0.3 is 0 Å². The van der Waals surface area contributed by atoms with Crippen LogP contribution in [0.3, 0.4) is 0 Å². The van der Waals surface area contributed by atoms with E-state index in [4.69, 9.17) is 0 Å². The first-order valence-corrected chi connectivity index (χ1v) is 7.47. The summed E-state index contributed by atoms with van der Waals surface area (Å²) >= 11 is 1.99. The zero-order valence-corrected chi connectivity index (χ0v) is 12.9. The van der Waals surface area contributed by atoms with Gasteiger partial charge in [0.15, 0.2) is 0 Å². The fourth-order valence-corrected chi connectivity index (χ4v) is 3.09. The molecule has 1 heterocycles. The van der Waals surface area contributed by atoms with Gasteiger partial charge in [0.25, 0.3) is 0 Å². The van der Waals surface area contributed by atoms with Crippen LogP contribution in [0.1, 0.15) is 63.3 Å². The molecule has 16 heavy (non-hydrogen) atoms. The summed E-state index contributed by atoms with van der Waals surface area (Å²) in [5.41, 5.74) is 2.16. The molecule has 2 rings (SSSR count). The molecule has 1 aliphatic carbocycles. The van der Waals surface area contributed by atoms with Crippen molar-refractivity contribution in [3.8, 4) is 0 Å². The highest BCUT2D eigenvalue weighted by molar-refractivity contribution is 7.12. The van der Waals surface area contributed by atoms with Gasteiger partial charge in [0.2, 0.25) is 0 Å². The van der Waals surface area contributed by atoms with E-state index in [1.54, 1.807) is 10.4 Å². The van der Waals surface area contributed by atoms with Crippen LogP contribution < -0.4 is 0 Å². The summed E-state index contributed by atoms with van der Waals surface area (Å²) in [4.78, 5) is 3.13. The number of rotatable bonds is 0. The fourth-order valence-electron chi connectivity index (χ4n) is 2.03. The number of hydrogen-bond donors (Lipinski definition) is 0. The molecule has 0 atom stereocenters. The van der Waals surface area contributed by atoms with Crippen LogP contribution in [0.15, 0.2) is 6.07 Å². The van der Waals surface area contributed by atoms with Gasteiger partial charge in [0, 0.05) is 9.75 Å². The maximum atomic E-state index is 2.38. The molecule has 0 nitrogen and oxygen atoms in total. The highest BCUT2D eigenvalue weighted by Gasteiger charge is 2.26. The van der Waals surface area contributed by atoms with E-state index in [-0.39, 0.29) is 0 Å². The lowest BCUT2D eigenvalue weighted by molar-refractivity contribution is 0.318. The van der Waals surface area contributed by atoms with Gasteiger partial charge in [-0.15, -0.1) is 11.3 Å². The summed E-state index contributed by atoms with van der Waals surface area (Å²) in [7, 11) is 0. The Morgan fingerprint density at radius 3 is 2.25 bits per heavy atom. The van der Waals surface area contributed by atoms with Crippen LogP contribution >= 0.6 is 11.3 Å². The molecule has 0 radical (unpaired) electrons. The van der Waals surface area contributed by atoms with Crippen LogP contribution in [0.25, 0.3) is 0 Å². The lowest BCUT2D eigenvalue weighted by Crippen LogP contribution is -2.20. The third kappa shape index (κ3) is 4.29. The Bertz CT molecular complexity index is 294. The van der Waals surface area contributed by atoms with Gasteiger partial charge in [-0.05, 0) is 43.2 Å². The van der Waals surface area contributed by atoms with E-state index >= 15 is 0 Å². The molecule has 1 aromatic heterocycles. The first-order valence-electron chi connectivity index (χ1n) is 6.65. The minimum atomic E-state index is 0.542. The highest BCUT2D eigenvalue weighted by atomic mass is 32.1. The van der Waals surface area contributed by atoms with Gasteiger partial charge in [-0.25, -0.2) is 0 Å². The van der Waals surface area contributed by atoms with E-state index in [0.29, 0.717) is 5.41 Å². The summed E-state index contributed by atoms with van der Waals surface area (Å²) in [6, 6.07) is 2.38. The van der Waals surface area contributed by atoms with Gasteiger partial charge in [0.1, 0.15) is 0 Å². The Kier molecular flexibility index (Phi) is 6.98. The van der Waals surface area contributed by atoms with E-state index in [1.165, 1.54) is 24.1 Å². The standard InChI is InChI=1S/C11H16S.2C2H6/c1-8-6-9-7-11(2,3)5-4-10(9)12-8;2*1-2/h6H,4-5,7H2,1-3H3;2*1-2H3. The summed E-state index contributed by atoms with van der Waals surface area (Å²) in [5.74, 6) is 0. The molecule has 0 fully saturated rings. The third-order valence-corrected chi connectivity index (χ3v) is 3.87. The summed E-state index contributed by atoms with van der Waals surface area (Å²) < 4.78 is 0. The highest BCUT2D eigenvalue weighted by Crippen LogP contribution is 2.38. The second kappa shape index (κ2) is 7.11. The molecule has 0 saturated carbocycles. The monoisotopic (exact) mass is 240 g/mol. The molecule has 0 aromatic carbocycles. The van der Waals surface area contributed by atoms with Crippen molar-refractivity contribution in [1.82, 2.24) is 0 Å². The van der Waals surface area contributed by atoms with Crippen molar-refractivity contribution in [2.45, 2.75) is 67.7 Å². The minimum Gasteiger partial charge on any atom is -0.145 e. The average molecular weight is 240 g/mol. The molecule has 0 spiro atoms. The Morgan fingerprint density at radius 1 is 1.12 bits per heavy atom. The van der Waals surface area contributed by atoms with E-state index in [9.17, 15) is 0 Å². The maximum Gasteiger partial charge on any atom is 0.00804 e. The predicted molar refractivity (Wildman–Crippen MR) is 77.6 cm³/mol. The SMILES string of the molecule is CC.CC.Cc1cc2c(s1)CCC(C)(C)C2. The summed E-state index contributed by atoms with van der Waals surface area (Å²) in [6.07, 6.45) is 3.95. The van der Waals surface area contributed by atoms with Crippen LogP contribution in [0.4, 0.5) is 0 Å². The average Bonchev–Trinajstić information content (AvgIpc) is 2.62. The van der Waals surface area contributed by atoms with Crippen LogP contribution in [0.2, 0.25) is 0 Å². The summed E-state index contributed by atoms with van der Waals surface area (Å²) in [5, 5.41) is 0. The Labute approximate surface area is 106 Å². The van der Waals surface area contributed by atoms with Gasteiger partial charge >= 0.3 is 0 Å². The second-order valence-electron chi connectivity index (χ2n) is 4.65. The van der Waals surface area contributed by atoms with Gasteiger partial charge in [-0.3, -0.25) is 0 Å². The first-order chi connectivity index (χ1) is 7.57. The molecule has 0 N–H and O–H groups in total. The third-order valence-electron chi connectivity index (χ3n) is 2.72. The molecule has 1 aliphatic rings. The smallest absolute Gasteiger partial charge is 0.00804 e. The second-order valence-corrected chi connectivity index (χ2v) is 5.99. The van der Waals surface area contributed by atoms with Crippen LogP contribution in [-0.4, -0.2) is 0 Å². The van der Waals surface area contributed by atoms with Crippen molar-refractivity contribution in [3.05, 3.63) is 21.4 Å². The minimum absolute atomic E-state index is 0.542. The normalized spacial score (nSPS) is 16.2. The van der Waals surface area contributed by atoms with Crippen LogP contribution in [-0.2, 0) is 12.8 Å². The predicted octanol–water partition coefficient (Wildman–Crippen LogP) is 5.62. The number of hydrogen-bond acceptors (Lipinski definition) is 1. The van der Waals surface area contributed by atoms with Crippen LogP contribution in [0, 0.1) is 12.3 Å². The van der Waals surface area contributed by atoms with Crippen molar-refractivity contribution in [1.29, 1.82) is 0 Å². The molecule has 0 amide bonds. The molecule has 94 valence electrons. The summed E-state index contributed by atoms with van der Waals surface area (Å²) in [6.45, 7) is 15.0. The van der Waals surface area contributed by atoms with Gasteiger partial charge in [0.05, 0.1) is 0 Å². The van der Waals surface area contributed by atoms with Crippen molar-refractivity contribution in [2.75, 3.05) is 0 Å². The van der Waals surface area contributed by atoms with E-state index in [1.807, 2.05) is 39.0 Å². The molecular formula is C15H28S. The zero-order valence-electron chi connectivity index (χ0n) is 12.1. The lowest BCUT2D eigenvalue weighted by atomic mass is 9.77. The van der Waals surface area contributed by atoms with Crippen molar-refractivity contribution >= 4 is 11.3 Å². The molecule has 0 aliphatic heterocycles. The maximum absolute atomic E-state index is 2.38. The quantitative estimate of drug-likeness (QED) is 0.552. The van der Waals surface area contributed by atoms with Crippen LogP contribution in [0.5, 0.6) is 0 Å². The Balaban J connectivity index is 0.000000509. The molecule has 1 heteroatoms. The molecular weight excluding hydrogens is 212 g/mol. The topological polar surface area (TPSA) is 0 Å². The number of fused-ring (bicyclic) bond motifs is 1. The number of aryl methyl sites for hydroxylation is 2. The van der Waals surface area contributed by atoms with E-state index in [0.717, 1.165) is 0 Å². The van der Waals surface area contributed by atoms with Gasteiger partial charge in [-0.2, -0.15) is 0 Å². The lowest BCUT2D eigenvalue weighted by Gasteiger charge is -2.29. The molecule has 1 aromatic rings. The van der Waals surface area contributed by atoms with Crippen molar-refractivity contribution < 1.29 is 0 Å². The number of thiophene rings is 1. The Hall–Kier alpha value is -0.300. The molecule has 0 unspecified atom stereocenters.